The normalized spacial score (nSPS) is 11.6. The van der Waals surface area contributed by atoms with Crippen LogP contribution in [0.3, 0.4) is 0 Å². The van der Waals surface area contributed by atoms with E-state index in [1.165, 1.54) is 0 Å². The molecule has 7 heteroatoms. The van der Waals surface area contributed by atoms with Gasteiger partial charge in [0.15, 0.2) is 17.5 Å². The van der Waals surface area contributed by atoms with Crippen LogP contribution in [0.1, 0.15) is 0 Å². The number of rotatable bonds is 6. The predicted octanol–water partition coefficient (Wildman–Crippen LogP) is 12.9. The van der Waals surface area contributed by atoms with Gasteiger partial charge in [-0.1, -0.05) is 115 Å². The molecule has 12 aromatic rings. The first kappa shape index (κ1) is 34.6. The number of aromatic nitrogens is 7. The van der Waals surface area contributed by atoms with E-state index in [0.717, 1.165) is 99.1 Å². The lowest BCUT2D eigenvalue weighted by Gasteiger charge is -2.11. The highest BCUT2D eigenvalue weighted by molar-refractivity contribution is 6.12. The number of para-hydroxylation sites is 3. The topological polar surface area (TPSA) is 82.3 Å². The van der Waals surface area contributed by atoms with Crippen LogP contribution in [0, 0.1) is 0 Å². The van der Waals surface area contributed by atoms with E-state index in [2.05, 4.69) is 114 Å². The Morgan fingerprint density at radius 1 is 0.295 bits per heavy atom. The van der Waals surface area contributed by atoms with Crippen molar-refractivity contribution in [1.29, 1.82) is 0 Å². The molecule has 0 bridgehead atoms. The smallest absolute Gasteiger partial charge is 0.159 e. The maximum absolute atomic E-state index is 4.93. The van der Waals surface area contributed by atoms with Crippen molar-refractivity contribution in [2.75, 3.05) is 0 Å². The summed E-state index contributed by atoms with van der Waals surface area (Å²) in [6.45, 7) is 0. The lowest BCUT2D eigenvalue weighted by molar-refractivity contribution is 1.17. The molecule has 7 nitrogen and oxygen atoms in total. The molecular formula is C54H33N7. The second-order valence-corrected chi connectivity index (χ2v) is 15.3. The van der Waals surface area contributed by atoms with Crippen molar-refractivity contribution in [3.63, 3.8) is 0 Å². The van der Waals surface area contributed by atoms with Crippen molar-refractivity contribution in [2.45, 2.75) is 0 Å². The van der Waals surface area contributed by atoms with Crippen molar-refractivity contribution in [1.82, 2.24) is 34.5 Å². The van der Waals surface area contributed by atoms with E-state index in [-0.39, 0.29) is 0 Å². The number of benzene rings is 8. The second kappa shape index (κ2) is 14.1. The molecule has 4 heterocycles. The Balaban J connectivity index is 1.01. The Morgan fingerprint density at radius 2 is 0.672 bits per heavy atom. The maximum Gasteiger partial charge on any atom is 0.159 e. The zero-order valence-corrected chi connectivity index (χ0v) is 32.7. The Hall–Kier alpha value is -8.42. The van der Waals surface area contributed by atoms with Crippen molar-refractivity contribution in [3.05, 3.63) is 201 Å². The zero-order valence-electron chi connectivity index (χ0n) is 32.7. The number of hydrogen-bond acceptors (Lipinski definition) is 6. The van der Waals surface area contributed by atoms with Gasteiger partial charge >= 0.3 is 0 Å². The van der Waals surface area contributed by atoms with Crippen LogP contribution in [0.15, 0.2) is 201 Å². The number of fused-ring (bicyclic) bond motifs is 6. The summed E-state index contributed by atoms with van der Waals surface area (Å²) in [5.41, 5.74) is 13.3. The van der Waals surface area contributed by atoms with Crippen LogP contribution in [0.2, 0.25) is 0 Å². The van der Waals surface area contributed by atoms with E-state index in [9.17, 15) is 0 Å². The maximum atomic E-state index is 4.93. The fraction of sp³-hybridized carbons (Fsp3) is 0. The number of hydrogen-bond donors (Lipinski definition) is 0. The minimum Gasteiger partial charge on any atom is -0.309 e. The third kappa shape index (κ3) is 6.15. The lowest BCUT2D eigenvalue weighted by Crippen LogP contribution is -1.96. The molecule has 0 fully saturated rings. The largest absolute Gasteiger partial charge is 0.309 e. The van der Waals surface area contributed by atoms with Crippen molar-refractivity contribution in [2.24, 2.45) is 0 Å². The molecule has 0 aliphatic carbocycles. The molecule has 0 saturated heterocycles. The van der Waals surface area contributed by atoms with Crippen LogP contribution in [-0.4, -0.2) is 34.5 Å². The van der Waals surface area contributed by atoms with E-state index in [1.807, 2.05) is 91.4 Å². The highest BCUT2D eigenvalue weighted by atomic mass is 15.0. The highest BCUT2D eigenvalue weighted by Gasteiger charge is 2.17. The average Bonchev–Trinajstić information content (AvgIpc) is 3.66. The molecule has 12 rings (SSSR count). The van der Waals surface area contributed by atoms with Gasteiger partial charge in [0.1, 0.15) is 0 Å². The molecule has 8 aromatic carbocycles. The SMILES string of the molecule is c1cc(-c2ccc3c(c2)c2cc(-c4cccc(-c5ncc6ccccc6n5)c4)ccc2n3-c2cccc(-c3ncc4ccccc4n3)c2)cc(-c2ncc3ccccc3n2)c1. The minimum atomic E-state index is 0.691. The van der Waals surface area contributed by atoms with Crippen molar-refractivity contribution < 1.29 is 0 Å². The van der Waals surface area contributed by atoms with Gasteiger partial charge in [-0.2, -0.15) is 0 Å². The predicted molar refractivity (Wildman–Crippen MR) is 247 cm³/mol. The monoisotopic (exact) mass is 779 g/mol. The summed E-state index contributed by atoms with van der Waals surface area (Å²) in [6, 6.07) is 63.3. The fourth-order valence-corrected chi connectivity index (χ4v) is 8.45. The van der Waals surface area contributed by atoms with Crippen molar-refractivity contribution in [3.8, 4) is 62.1 Å². The number of nitrogens with zero attached hydrogens (tertiary/aromatic N) is 7. The summed E-state index contributed by atoms with van der Waals surface area (Å²) in [5.74, 6) is 2.10. The van der Waals surface area contributed by atoms with E-state index in [0.29, 0.717) is 17.5 Å². The molecule has 61 heavy (non-hydrogen) atoms. The van der Waals surface area contributed by atoms with Gasteiger partial charge in [0.05, 0.1) is 27.6 Å². The molecule has 0 amide bonds. The quantitative estimate of drug-likeness (QED) is 0.167. The van der Waals surface area contributed by atoms with Crippen LogP contribution in [0.4, 0.5) is 0 Å². The summed E-state index contributed by atoms with van der Waals surface area (Å²) in [7, 11) is 0. The van der Waals surface area contributed by atoms with Gasteiger partial charge < -0.3 is 4.57 Å². The van der Waals surface area contributed by atoms with Crippen LogP contribution in [0.25, 0.3) is 117 Å². The minimum absolute atomic E-state index is 0.691. The Morgan fingerprint density at radius 3 is 1.13 bits per heavy atom. The summed E-state index contributed by atoms with van der Waals surface area (Å²) in [6.07, 6.45) is 5.69. The Labute approximate surface area is 350 Å². The Bertz CT molecular complexity index is 3500. The Kier molecular flexibility index (Phi) is 8.03. The van der Waals surface area contributed by atoms with E-state index < -0.39 is 0 Å². The summed E-state index contributed by atoms with van der Waals surface area (Å²) in [5, 5.41) is 5.34. The molecule has 0 radical (unpaired) electrons. The molecule has 0 atom stereocenters. The third-order valence-corrected chi connectivity index (χ3v) is 11.5. The summed E-state index contributed by atoms with van der Waals surface area (Å²) in [4.78, 5) is 29.0. The van der Waals surface area contributed by atoms with Gasteiger partial charge in [-0.05, 0) is 89.0 Å². The van der Waals surface area contributed by atoms with Gasteiger partial charge in [-0.25, -0.2) is 29.9 Å². The van der Waals surface area contributed by atoms with Gasteiger partial charge in [-0.3, -0.25) is 0 Å². The van der Waals surface area contributed by atoms with E-state index in [4.69, 9.17) is 29.9 Å². The van der Waals surface area contributed by atoms with E-state index in [1.54, 1.807) is 0 Å². The van der Waals surface area contributed by atoms with Crippen LogP contribution in [0.5, 0.6) is 0 Å². The molecular weight excluding hydrogens is 747 g/mol. The highest BCUT2D eigenvalue weighted by Crippen LogP contribution is 2.39. The molecule has 284 valence electrons. The van der Waals surface area contributed by atoms with Crippen LogP contribution >= 0.6 is 0 Å². The van der Waals surface area contributed by atoms with Crippen LogP contribution < -0.4 is 0 Å². The standard InChI is InChI=1S/C54H33N7/c1-4-19-47-41(10-1)31-55-52(58-47)38-15-7-13-34(26-38)36-22-24-50-45(29-36)46-30-37(35-14-8-16-39(27-35)53-56-32-42-11-2-5-20-48(42)59-53)23-25-51(46)61(50)44-18-9-17-40(28-44)54-57-33-43-12-3-6-21-49(43)60-54/h1-33H. The molecule has 0 aliphatic heterocycles. The molecule has 0 spiro atoms. The molecule has 0 N–H and O–H groups in total. The molecule has 0 aliphatic rings. The molecule has 0 unspecified atom stereocenters. The van der Waals surface area contributed by atoms with Crippen LogP contribution in [-0.2, 0) is 0 Å². The summed E-state index contributed by atoms with van der Waals surface area (Å²) < 4.78 is 2.35. The first-order valence-corrected chi connectivity index (χ1v) is 20.2. The van der Waals surface area contributed by atoms with Gasteiger partial charge in [-0.15, -0.1) is 0 Å². The first-order chi connectivity index (χ1) is 30.2. The first-order valence-electron chi connectivity index (χ1n) is 20.2. The third-order valence-electron chi connectivity index (χ3n) is 11.5. The summed E-state index contributed by atoms with van der Waals surface area (Å²) >= 11 is 0. The van der Waals surface area contributed by atoms with E-state index >= 15 is 0 Å². The van der Waals surface area contributed by atoms with Crippen molar-refractivity contribution >= 4 is 54.5 Å². The van der Waals surface area contributed by atoms with Gasteiger partial charge in [0.2, 0.25) is 0 Å². The molecule has 4 aromatic heterocycles. The lowest BCUT2D eigenvalue weighted by atomic mass is 9.98. The van der Waals surface area contributed by atoms with Gasteiger partial charge in [0.25, 0.3) is 0 Å². The fourth-order valence-electron chi connectivity index (χ4n) is 8.45. The zero-order chi connectivity index (χ0) is 40.3. The molecule has 0 saturated carbocycles. The van der Waals surface area contributed by atoms with Gasteiger partial charge in [0, 0.05) is 67.9 Å². The second-order valence-electron chi connectivity index (χ2n) is 15.3. The average molecular weight is 780 g/mol.